The number of nitrogens with zero attached hydrogens (tertiary/aromatic N) is 1. The van der Waals surface area contributed by atoms with Crippen LogP contribution in [0.1, 0.15) is 25.8 Å². The molecule has 0 atom stereocenters. The summed E-state index contributed by atoms with van der Waals surface area (Å²) in [4.78, 5) is 12.3. The van der Waals surface area contributed by atoms with Crippen LogP contribution in [0.15, 0.2) is 59.5 Å². The van der Waals surface area contributed by atoms with Gasteiger partial charge in [-0.3, -0.25) is 4.79 Å². The molecule has 0 fully saturated rings. The molecule has 5 nitrogen and oxygen atoms in total. The average Bonchev–Trinajstić information content (AvgIpc) is 2.62. The Balaban J connectivity index is 1.97. The Labute approximate surface area is 149 Å². The van der Waals surface area contributed by atoms with Gasteiger partial charge < -0.3 is 5.32 Å². The monoisotopic (exact) mass is 360 g/mol. The summed E-state index contributed by atoms with van der Waals surface area (Å²) in [7, 11) is -3.47. The Hall–Kier alpha value is -2.18. The van der Waals surface area contributed by atoms with E-state index in [2.05, 4.69) is 5.32 Å². The second-order valence-corrected chi connectivity index (χ2v) is 7.59. The third-order valence-corrected chi connectivity index (χ3v) is 6.03. The highest BCUT2D eigenvalue weighted by Crippen LogP contribution is 2.18. The van der Waals surface area contributed by atoms with Crippen LogP contribution in [0.25, 0.3) is 0 Å². The standard InChI is InChI=1S/C19H24N2O3S/c1-3-21(4-2)25(23,24)18-13-11-17(12-14-18)20-19(22)15-10-16-8-6-5-7-9-16/h5-9,11-14H,3-4,10,15H2,1-2H3,(H,20,22). The molecule has 0 spiro atoms. The van der Waals surface area contributed by atoms with Crippen LogP contribution in [0.3, 0.4) is 0 Å². The SMILES string of the molecule is CCN(CC)S(=O)(=O)c1ccc(NC(=O)CCc2ccccc2)cc1. The fourth-order valence-corrected chi connectivity index (χ4v) is 4.01. The van der Waals surface area contributed by atoms with Gasteiger partial charge in [0, 0.05) is 25.2 Å². The third-order valence-electron chi connectivity index (χ3n) is 3.96. The number of sulfonamides is 1. The summed E-state index contributed by atoms with van der Waals surface area (Å²) < 4.78 is 26.3. The van der Waals surface area contributed by atoms with E-state index in [4.69, 9.17) is 0 Å². The lowest BCUT2D eigenvalue weighted by Gasteiger charge is -2.18. The van der Waals surface area contributed by atoms with Gasteiger partial charge in [-0.2, -0.15) is 4.31 Å². The van der Waals surface area contributed by atoms with Crippen molar-refractivity contribution in [3.63, 3.8) is 0 Å². The number of carbonyl (C=O) groups excluding carboxylic acids is 1. The highest BCUT2D eigenvalue weighted by molar-refractivity contribution is 7.89. The largest absolute Gasteiger partial charge is 0.326 e. The van der Waals surface area contributed by atoms with Crippen molar-refractivity contribution in [2.45, 2.75) is 31.6 Å². The maximum atomic E-state index is 12.4. The predicted octanol–water partition coefficient (Wildman–Crippen LogP) is 3.29. The summed E-state index contributed by atoms with van der Waals surface area (Å²) >= 11 is 0. The zero-order valence-electron chi connectivity index (χ0n) is 14.6. The molecule has 1 N–H and O–H groups in total. The van der Waals surface area contributed by atoms with Gasteiger partial charge in [-0.25, -0.2) is 8.42 Å². The van der Waals surface area contributed by atoms with Crippen LogP contribution < -0.4 is 5.32 Å². The minimum Gasteiger partial charge on any atom is -0.326 e. The molecule has 0 bridgehead atoms. The van der Waals surface area contributed by atoms with Crippen LogP contribution in [0.4, 0.5) is 5.69 Å². The number of amides is 1. The number of carbonyl (C=O) groups is 1. The van der Waals surface area contributed by atoms with Gasteiger partial charge in [0.1, 0.15) is 0 Å². The lowest BCUT2D eigenvalue weighted by atomic mass is 10.1. The van der Waals surface area contributed by atoms with Gasteiger partial charge in [0.2, 0.25) is 15.9 Å². The molecule has 0 radical (unpaired) electrons. The molecule has 0 aliphatic heterocycles. The predicted molar refractivity (Wildman–Crippen MR) is 99.9 cm³/mol. The van der Waals surface area contributed by atoms with Gasteiger partial charge in [0.25, 0.3) is 0 Å². The minimum atomic E-state index is -3.47. The molecule has 25 heavy (non-hydrogen) atoms. The van der Waals surface area contributed by atoms with E-state index in [0.717, 1.165) is 5.56 Å². The van der Waals surface area contributed by atoms with Crippen molar-refractivity contribution in [2.75, 3.05) is 18.4 Å². The van der Waals surface area contributed by atoms with Gasteiger partial charge in [-0.05, 0) is 36.2 Å². The Morgan fingerprint density at radius 1 is 0.960 bits per heavy atom. The second-order valence-electron chi connectivity index (χ2n) is 5.65. The molecule has 2 rings (SSSR count). The first kappa shape index (κ1) is 19.1. The first-order chi connectivity index (χ1) is 12.0. The van der Waals surface area contributed by atoms with Gasteiger partial charge in [0.05, 0.1) is 4.90 Å². The van der Waals surface area contributed by atoms with E-state index in [1.54, 1.807) is 12.1 Å². The van der Waals surface area contributed by atoms with Gasteiger partial charge in [-0.15, -0.1) is 0 Å². The number of benzene rings is 2. The molecular formula is C19H24N2O3S. The minimum absolute atomic E-state index is 0.0943. The van der Waals surface area contributed by atoms with E-state index >= 15 is 0 Å². The molecule has 0 saturated heterocycles. The van der Waals surface area contributed by atoms with Gasteiger partial charge >= 0.3 is 0 Å². The summed E-state index contributed by atoms with van der Waals surface area (Å²) in [6.07, 6.45) is 1.05. The van der Waals surface area contributed by atoms with Crippen LogP contribution in [0.5, 0.6) is 0 Å². The molecular weight excluding hydrogens is 336 g/mol. The first-order valence-electron chi connectivity index (χ1n) is 8.41. The average molecular weight is 360 g/mol. The molecule has 134 valence electrons. The first-order valence-corrected chi connectivity index (χ1v) is 9.85. The molecule has 0 aliphatic carbocycles. The Morgan fingerprint density at radius 2 is 1.56 bits per heavy atom. The molecule has 0 unspecified atom stereocenters. The number of hydrogen-bond donors (Lipinski definition) is 1. The number of nitrogens with one attached hydrogen (secondary N) is 1. The molecule has 2 aromatic carbocycles. The van der Waals surface area contributed by atoms with Crippen molar-refractivity contribution >= 4 is 21.6 Å². The van der Waals surface area contributed by atoms with E-state index < -0.39 is 10.0 Å². The summed E-state index contributed by atoms with van der Waals surface area (Å²) in [5.74, 6) is -0.0943. The second kappa shape index (κ2) is 8.78. The van der Waals surface area contributed by atoms with Crippen molar-refractivity contribution in [3.05, 3.63) is 60.2 Å². The Kier molecular flexibility index (Phi) is 6.73. The normalized spacial score (nSPS) is 11.5. The van der Waals surface area contributed by atoms with Crippen molar-refractivity contribution in [1.82, 2.24) is 4.31 Å². The molecule has 2 aromatic rings. The number of aryl methyl sites for hydroxylation is 1. The molecule has 6 heteroatoms. The van der Waals surface area contributed by atoms with Crippen LogP contribution >= 0.6 is 0 Å². The van der Waals surface area contributed by atoms with E-state index in [9.17, 15) is 13.2 Å². The highest BCUT2D eigenvalue weighted by Gasteiger charge is 2.21. The lowest BCUT2D eigenvalue weighted by Crippen LogP contribution is -2.30. The number of anilines is 1. The summed E-state index contributed by atoms with van der Waals surface area (Å²) in [6, 6.07) is 16.1. The lowest BCUT2D eigenvalue weighted by molar-refractivity contribution is -0.116. The van der Waals surface area contributed by atoms with Crippen LogP contribution in [-0.4, -0.2) is 31.7 Å². The summed E-state index contributed by atoms with van der Waals surface area (Å²) in [5, 5.41) is 2.80. The fourth-order valence-electron chi connectivity index (χ4n) is 2.55. The van der Waals surface area contributed by atoms with Crippen molar-refractivity contribution in [2.24, 2.45) is 0 Å². The smallest absolute Gasteiger partial charge is 0.243 e. The quantitative estimate of drug-likeness (QED) is 0.785. The molecule has 1 amide bonds. The third kappa shape index (κ3) is 5.14. The van der Waals surface area contributed by atoms with E-state index in [0.29, 0.717) is 31.6 Å². The number of rotatable bonds is 8. The maximum absolute atomic E-state index is 12.4. The summed E-state index contributed by atoms with van der Waals surface area (Å²) in [5.41, 5.74) is 1.70. The van der Waals surface area contributed by atoms with E-state index in [-0.39, 0.29) is 10.8 Å². The van der Waals surface area contributed by atoms with Crippen LogP contribution in [0.2, 0.25) is 0 Å². The molecule has 0 heterocycles. The zero-order valence-corrected chi connectivity index (χ0v) is 15.4. The van der Waals surface area contributed by atoms with E-state index in [1.165, 1.54) is 16.4 Å². The molecule has 0 saturated carbocycles. The zero-order chi connectivity index (χ0) is 18.3. The molecule has 0 aliphatic rings. The van der Waals surface area contributed by atoms with Crippen LogP contribution in [-0.2, 0) is 21.2 Å². The van der Waals surface area contributed by atoms with Gasteiger partial charge in [0.15, 0.2) is 0 Å². The van der Waals surface area contributed by atoms with Crippen molar-refractivity contribution in [3.8, 4) is 0 Å². The maximum Gasteiger partial charge on any atom is 0.243 e. The Morgan fingerprint density at radius 3 is 2.12 bits per heavy atom. The van der Waals surface area contributed by atoms with Crippen molar-refractivity contribution in [1.29, 1.82) is 0 Å². The fraction of sp³-hybridized carbons (Fsp3) is 0.316. The van der Waals surface area contributed by atoms with Crippen molar-refractivity contribution < 1.29 is 13.2 Å². The van der Waals surface area contributed by atoms with Gasteiger partial charge in [-0.1, -0.05) is 44.2 Å². The van der Waals surface area contributed by atoms with Crippen LogP contribution in [0, 0.1) is 0 Å². The topological polar surface area (TPSA) is 66.5 Å². The molecule has 0 aromatic heterocycles. The summed E-state index contributed by atoms with van der Waals surface area (Å²) in [6.45, 7) is 4.47. The highest BCUT2D eigenvalue weighted by atomic mass is 32.2. The van der Waals surface area contributed by atoms with E-state index in [1.807, 2.05) is 44.2 Å². The number of hydrogen-bond acceptors (Lipinski definition) is 3. The Bertz CT molecular complexity index is 783.